The Labute approximate surface area is 223 Å². The van der Waals surface area contributed by atoms with Crippen LogP contribution in [0, 0.1) is 11.8 Å². The lowest BCUT2D eigenvalue weighted by molar-refractivity contribution is 0.0527. The Morgan fingerprint density at radius 1 is 1.19 bits per heavy atom. The number of β-amino-alcohol motifs (C(OH)–C–C–N with tert-alkyl or cyclic N) is 1. The van der Waals surface area contributed by atoms with Gasteiger partial charge in [-0.25, -0.2) is 0 Å². The van der Waals surface area contributed by atoms with Crippen LogP contribution in [0.15, 0.2) is 24.3 Å². The van der Waals surface area contributed by atoms with Gasteiger partial charge in [0.2, 0.25) is 0 Å². The third kappa shape index (κ3) is 10.9. The molecule has 0 radical (unpaired) electrons. The van der Waals surface area contributed by atoms with Crippen molar-refractivity contribution in [2.24, 2.45) is 17.6 Å². The van der Waals surface area contributed by atoms with Gasteiger partial charge >= 0.3 is 0 Å². The average molecular weight is 530 g/mol. The normalized spacial score (nSPS) is 18.5. The fourth-order valence-electron chi connectivity index (χ4n) is 4.62. The van der Waals surface area contributed by atoms with Crippen LogP contribution < -0.4 is 15.8 Å². The molecule has 1 fully saturated rings. The number of nitrogens with one attached hydrogen (secondary N) is 1. The monoisotopic (exact) mass is 529 g/mol. The molecule has 0 saturated carbocycles. The number of nitrogens with zero attached hydrogens (tertiary/aromatic N) is 1. The molecular weight excluding hydrogens is 482 g/mol. The summed E-state index contributed by atoms with van der Waals surface area (Å²) in [6.45, 7) is 8.19. The van der Waals surface area contributed by atoms with Gasteiger partial charge in [0.25, 0.3) is 5.91 Å². The molecule has 0 aliphatic carbocycles. The van der Waals surface area contributed by atoms with Crippen LogP contribution in [0.4, 0.5) is 0 Å². The number of halogens is 1. The van der Waals surface area contributed by atoms with Gasteiger partial charge in [-0.2, -0.15) is 0 Å². The Kier molecular flexibility index (Phi) is 16.2. The van der Waals surface area contributed by atoms with E-state index in [2.05, 4.69) is 24.1 Å². The summed E-state index contributed by atoms with van der Waals surface area (Å²) in [7, 11) is 3.40. The summed E-state index contributed by atoms with van der Waals surface area (Å²) < 4.78 is 16.3. The number of rotatable bonds is 17. The van der Waals surface area contributed by atoms with E-state index in [-0.39, 0.29) is 30.3 Å². The van der Waals surface area contributed by atoms with Gasteiger partial charge in [0.1, 0.15) is 5.75 Å². The maximum atomic E-state index is 13.0. The van der Waals surface area contributed by atoms with Crippen molar-refractivity contribution in [3.63, 3.8) is 0 Å². The van der Waals surface area contributed by atoms with Crippen LogP contribution in [0.25, 0.3) is 0 Å². The van der Waals surface area contributed by atoms with Crippen molar-refractivity contribution < 1.29 is 24.1 Å². The minimum absolute atomic E-state index is 0. The van der Waals surface area contributed by atoms with Crippen molar-refractivity contribution in [2.45, 2.75) is 64.1 Å². The molecule has 8 nitrogen and oxygen atoms in total. The first-order chi connectivity index (χ1) is 16.9. The first-order valence-electron chi connectivity index (χ1n) is 13.0. The second kappa shape index (κ2) is 17.9. The van der Waals surface area contributed by atoms with Crippen LogP contribution in [0.1, 0.15) is 56.3 Å². The van der Waals surface area contributed by atoms with Crippen molar-refractivity contribution in [3.05, 3.63) is 29.8 Å². The van der Waals surface area contributed by atoms with E-state index < -0.39 is 6.10 Å². The lowest BCUT2D eigenvalue weighted by Gasteiger charge is -2.31. The standard InChI is InChI=1S/C27H47N3O5.ClH/c1-20(2)21(16-24(28)25(31)18-30-13-9-10-22(30)19-34-4)17-29-27(32)23-11-5-6-12-26(23)35-15-8-7-14-33-3;/h5-6,11-12,20-22,24-25,31H,7-10,13-19,28H2,1-4H3,(H,29,32);1H/t21?,22-,24?,25?;/m1./s1. The first-order valence-corrected chi connectivity index (χ1v) is 13.0. The second-order valence-electron chi connectivity index (χ2n) is 9.97. The molecule has 1 aliphatic rings. The van der Waals surface area contributed by atoms with Crippen molar-refractivity contribution in [3.8, 4) is 5.75 Å². The Bertz CT molecular complexity index is 739. The van der Waals surface area contributed by atoms with E-state index in [0.717, 1.165) is 32.2 Å². The SMILES string of the molecule is COCCCCOc1ccccc1C(=O)NCC(CC(N)C(O)CN1CCC[C@@H]1COC)C(C)C.Cl. The van der Waals surface area contributed by atoms with Gasteiger partial charge in [-0.3, -0.25) is 9.69 Å². The lowest BCUT2D eigenvalue weighted by atomic mass is 9.87. The van der Waals surface area contributed by atoms with Crippen LogP contribution in [0.3, 0.4) is 0 Å². The number of ether oxygens (including phenoxy) is 3. The number of unbranched alkanes of at least 4 members (excludes halogenated alkanes) is 1. The molecule has 1 aliphatic heterocycles. The topological polar surface area (TPSA) is 106 Å². The number of nitrogens with two attached hydrogens (primary N) is 1. The molecule has 0 spiro atoms. The summed E-state index contributed by atoms with van der Waals surface area (Å²) in [5.41, 5.74) is 6.97. The van der Waals surface area contributed by atoms with Crippen molar-refractivity contribution in [1.82, 2.24) is 10.2 Å². The van der Waals surface area contributed by atoms with Gasteiger partial charge in [-0.15, -0.1) is 12.4 Å². The van der Waals surface area contributed by atoms with Crippen molar-refractivity contribution >= 4 is 18.3 Å². The number of aliphatic hydroxyl groups excluding tert-OH is 1. The van der Waals surface area contributed by atoms with Crippen LogP contribution in [0.2, 0.25) is 0 Å². The smallest absolute Gasteiger partial charge is 0.255 e. The largest absolute Gasteiger partial charge is 0.493 e. The number of benzene rings is 1. The zero-order valence-electron chi connectivity index (χ0n) is 22.5. The molecule has 1 aromatic rings. The Balaban J connectivity index is 0.00000648. The van der Waals surface area contributed by atoms with E-state index in [4.69, 9.17) is 19.9 Å². The maximum absolute atomic E-state index is 13.0. The summed E-state index contributed by atoms with van der Waals surface area (Å²) >= 11 is 0. The van der Waals surface area contributed by atoms with Gasteiger partial charge in [0.05, 0.1) is 24.9 Å². The highest BCUT2D eigenvalue weighted by atomic mass is 35.5. The van der Waals surface area contributed by atoms with E-state index >= 15 is 0 Å². The summed E-state index contributed by atoms with van der Waals surface area (Å²) in [6.07, 6.45) is 4.01. The molecule has 208 valence electrons. The van der Waals surface area contributed by atoms with E-state index in [1.54, 1.807) is 20.3 Å². The molecule has 0 aromatic heterocycles. The number of carbonyl (C=O) groups excluding carboxylic acids is 1. The van der Waals surface area contributed by atoms with Crippen LogP contribution >= 0.6 is 12.4 Å². The molecule has 0 bridgehead atoms. The summed E-state index contributed by atoms with van der Waals surface area (Å²) in [6, 6.07) is 7.32. The molecule has 1 heterocycles. The molecule has 1 amide bonds. The Morgan fingerprint density at radius 2 is 1.92 bits per heavy atom. The highest BCUT2D eigenvalue weighted by molar-refractivity contribution is 5.96. The van der Waals surface area contributed by atoms with Gasteiger partial charge in [0.15, 0.2) is 0 Å². The highest BCUT2D eigenvalue weighted by Gasteiger charge is 2.29. The zero-order valence-corrected chi connectivity index (χ0v) is 23.3. The van der Waals surface area contributed by atoms with E-state index in [1.807, 2.05) is 18.2 Å². The second-order valence-corrected chi connectivity index (χ2v) is 9.97. The van der Waals surface area contributed by atoms with Crippen LogP contribution in [-0.4, -0.2) is 87.8 Å². The van der Waals surface area contributed by atoms with Crippen molar-refractivity contribution in [2.75, 3.05) is 53.7 Å². The minimum atomic E-state index is -0.614. The molecule has 36 heavy (non-hydrogen) atoms. The number of carbonyl (C=O) groups is 1. The van der Waals surface area contributed by atoms with E-state index in [0.29, 0.717) is 62.6 Å². The average Bonchev–Trinajstić information content (AvgIpc) is 3.28. The maximum Gasteiger partial charge on any atom is 0.255 e. The number of likely N-dealkylation sites (tertiary alicyclic amines) is 1. The first kappa shape index (κ1) is 32.6. The molecule has 3 unspecified atom stereocenters. The molecule has 4 N–H and O–H groups in total. The Hall–Kier alpha value is -1.42. The number of aliphatic hydroxyl groups is 1. The number of hydrogen-bond acceptors (Lipinski definition) is 7. The van der Waals surface area contributed by atoms with Gasteiger partial charge in [0, 0.05) is 46.0 Å². The predicted molar refractivity (Wildman–Crippen MR) is 146 cm³/mol. The number of amides is 1. The van der Waals surface area contributed by atoms with E-state index in [9.17, 15) is 9.90 Å². The summed E-state index contributed by atoms with van der Waals surface area (Å²) in [4.78, 5) is 15.2. The number of para-hydroxylation sites is 1. The van der Waals surface area contributed by atoms with Crippen molar-refractivity contribution in [1.29, 1.82) is 0 Å². The third-order valence-corrected chi connectivity index (χ3v) is 6.95. The third-order valence-electron chi connectivity index (χ3n) is 6.95. The minimum Gasteiger partial charge on any atom is -0.493 e. The number of methoxy groups -OCH3 is 2. The predicted octanol–water partition coefficient (Wildman–Crippen LogP) is 3.10. The zero-order chi connectivity index (χ0) is 25.6. The molecule has 2 rings (SSSR count). The molecule has 4 atom stereocenters. The van der Waals surface area contributed by atoms with Crippen LogP contribution in [-0.2, 0) is 9.47 Å². The van der Waals surface area contributed by atoms with Gasteiger partial charge in [-0.1, -0.05) is 26.0 Å². The van der Waals surface area contributed by atoms with Gasteiger partial charge < -0.3 is 30.4 Å². The highest BCUT2D eigenvalue weighted by Crippen LogP contribution is 2.22. The van der Waals surface area contributed by atoms with Crippen LogP contribution in [0.5, 0.6) is 5.75 Å². The summed E-state index contributed by atoms with van der Waals surface area (Å²) in [5, 5.41) is 13.9. The Morgan fingerprint density at radius 3 is 2.61 bits per heavy atom. The number of hydrogen-bond donors (Lipinski definition) is 3. The molecule has 9 heteroatoms. The molecule has 1 aromatic carbocycles. The van der Waals surface area contributed by atoms with Gasteiger partial charge in [-0.05, 0) is 62.6 Å². The molecular formula is C27H48ClN3O5. The molecule has 1 saturated heterocycles. The summed E-state index contributed by atoms with van der Waals surface area (Å²) in [5.74, 6) is 0.900. The van der Waals surface area contributed by atoms with E-state index in [1.165, 1.54) is 0 Å². The quantitative estimate of drug-likeness (QED) is 0.266. The fourth-order valence-corrected chi connectivity index (χ4v) is 4.62. The lowest BCUT2D eigenvalue weighted by Crippen LogP contribution is -2.47. The fraction of sp³-hybridized carbons (Fsp3) is 0.741.